The number of ether oxygens (including phenoxy) is 3. The minimum atomic E-state index is -1.08. The van der Waals surface area contributed by atoms with Crippen LogP contribution in [0, 0.1) is 22.7 Å². The fourth-order valence-electron chi connectivity index (χ4n) is 8.26. The largest absolute Gasteiger partial charge is 0.385 e. The van der Waals surface area contributed by atoms with E-state index in [0.717, 1.165) is 31.0 Å². The van der Waals surface area contributed by atoms with Gasteiger partial charge in [-0.25, -0.2) is 0 Å². The fourth-order valence-corrected chi connectivity index (χ4v) is 9.00. The number of aliphatic hydroxyl groups excluding tert-OH is 1. The summed E-state index contributed by atoms with van der Waals surface area (Å²) in [4.78, 5) is 25.5. The van der Waals surface area contributed by atoms with Gasteiger partial charge >= 0.3 is 0 Å². The first kappa shape index (κ1) is 20.6. The predicted molar refractivity (Wildman–Crippen MR) is 114 cm³/mol. The minimum absolute atomic E-state index is 0.0140. The van der Waals surface area contributed by atoms with Gasteiger partial charge < -0.3 is 19.3 Å². The van der Waals surface area contributed by atoms with Crippen LogP contribution in [0.5, 0.6) is 0 Å². The summed E-state index contributed by atoms with van der Waals surface area (Å²) in [6, 6.07) is 0. The van der Waals surface area contributed by atoms with Crippen molar-refractivity contribution in [3.63, 3.8) is 0 Å². The first-order valence-corrected chi connectivity index (χ1v) is 12.3. The van der Waals surface area contributed by atoms with E-state index in [-0.39, 0.29) is 51.9 Å². The molecule has 0 bridgehead atoms. The Morgan fingerprint density at radius 1 is 1.19 bits per heavy atom. The highest BCUT2D eigenvalue weighted by atomic mass is 32.2. The van der Waals surface area contributed by atoms with Gasteiger partial charge in [-0.3, -0.25) is 9.59 Å². The van der Waals surface area contributed by atoms with Gasteiger partial charge in [0.05, 0.1) is 18.1 Å². The first-order valence-electron chi connectivity index (χ1n) is 11.3. The third-order valence-electron chi connectivity index (χ3n) is 9.43. The third kappa shape index (κ3) is 2.20. The topological polar surface area (TPSA) is 85.4 Å². The van der Waals surface area contributed by atoms with Crippen molar-refractivity contribution >= 4 is 22.7 Å². The number of rotatable bonds is 2. The maximum Gasteiger partial charge on any atom is 0.226 e. The molecule has 6 aliphatic rings. The zero-order valence-electron chi connectivity index (χ0n) is 18.5. The normalized spacial score (nSPS) is 53.1. The summed E-state index contributed by atoms with van der Waals surface area (Å²) in [6.45, 7) is 8.13. The van der Waals surface area contributed by atoms with E-state index >= 15 is 0 Å². The average molecular weight is 447 g/mol. The van der Waals surface area contributed by atoms with Gasteiger partial charge in [0, 0.05) is 10.8 Å². The van der Waals surface area contributed by atoms with Crippen molar-refractivity contribution in [3.05, 3.63) is 23.8 Å². The van der Waals surface area contributed by atoms with Crippen LogP contribution in [-0.2, 0) is 23.8 Å². The first-order chi connectivity index (χ1) is 14.5. The van der Waals surface area contributed by atoms with Crippen LogP contribution in [-0.4, -0.2) is 51.1 Å². The molecule has 0 aromatic heterocycles. The number of hydrogen-bond donors (Lipinski definition) is 1. The molecule has 5 fully saturated rings. The molecular weight excluding hydrogens is 416 g/mol. The highest BCUT2D eigenvalue weighted by molar-refractivity contribution is 8.13. The number of thioether (sulfide) groups is 1. The van der Waals surface area contributed by atoms with Crippen molar-refractivity contribution in [1.82, 2.24) is 0 Å². The molecule has 6 rings (SSSR count). The molecule has 2 aliphatic heterocycles. The van der Waals surface area contributed by atoms with E-state index < -0.39 is 16.8 Å². The molecule has 0 aromatic carbocycles. The minimum Gasteiger partial charge on any atom is -0.385 e. The Bertz CT molecular complexity index is 956. The zero-order valence-corrected chi connectivity index (χ0v) is 19.3. The molecule has 0 amide bonds. The summed E-state index contributed by atoms with van der Waals surface area (Å²) in [7, 11) is 0. The molecule has 2 saturated heterocycles. The van der Waals surface area contributed by atoms with Gasteiger partial charge in [-0.05, 0) is 70.4 Å². The molecule has 4 unspecified atom stereocenters. The molecule has 31 heavy (non-hydrogen) atoms. The van der Waals surface area contributed by atoms with Gasteiger partial charge in [0.25, 0.3) is 0 Å². The van der Waals surface area contributed by atoms with Gasteiger partial charge in [-0.1, -0.05) is 30.3 Å². The number of hydrogen-bond acceptors (Lipinski definition) is 7. The molecule has 1 spiro atoms. The zero-order chi connectivity index (χ0) is 22.0. The lowest BCUT2D eigenvalue weighted by atomic mass is 9.47. The van der Waals surface area contributed by atoms with Crippen LogP contribution < -0.4 is 0 Å². The van der Waals surface area contributed by atoms with E-state index in [1.54, 1.807) is 12.2 Å². The Hall–Kier alpha value is -0.990. The second-order valence-corrected chi connectivity index (χ2v) is 11.9. The molecule has 3 saturated carbocycles. The van der Waals surface area contributed by atoms with Crippen molar-refractivity contribution in [2.45, 2.75) is 82.6 Å². The van der Waals surface area contributed by atoms with E-state index in [1.165, 1.54) is 5.57 Å². The number of aliphatic hydroxyl groups is 1. The smallest absolute Gasteiger partial charge is 0.226 e. The monoisotopic (exact) mass is 446 g/mol. The Labute approximate surface area is 186 Å². The molecule has 0 aromatic rings. The average Bonchev–Trinajstić information content (AvgIpc) is 3.26. The molecule has 4 aliphatic carbocycles. The van der Waals surface area contributed by atoms with Crippen molar-refractivity contribution in [1.29, 1.82) is 0 Å². The highest BCUT2D eigenvalue weighted by Gasteiger charge is 2.84. The van der Waals surface area contributed by atoms with Gasteiger partial charge in [0.2, 0.25) is 5.12 Å². The molecule has 1 N–H and O–H groups in total. The lowest BCUT2D eigenvalue weighted by Crippen LogP contribution is -2.62. The quantitative estimate of drug-likeness (QED) is 0.515. The summed E-state index contributed by atoms with van der Waals surface area (Å²) < 4.78 is 19.4. The van der Waals surface area contributed by atoms with Crippen LogP contribution in [0.4, 0.5) is 0 Å². The lowest BCUT2D eigenvalue weighted by Gasteiger charge is -2.55. The molecular formula is C24H30O6S. The molecule has 8 atom stereocenters. The van der Waals surface area contributed by atoms with Crippen molar-refractivity contribution in [2.24, 2.45) is 22.7 Å². The molecule has 6 nitrogen and oxygen atoms in total. The van der Waals surface area contributed by atoms with E-state index in [1.807, 2.05) is 13.8 Å². The second-order valence-electron chi connectivity index (χ2n) is 11.0. The second kappa shape index (κ2) is 5.92. The summed E-state index contributed by atoms with van der Waals surface area (Å²) in [5.74, 6) is -0.577. The molecule has 7 heteroatoms. The van der Waals surface area contributed by atoms with E-state index in [9.17, 15) is 14.7 Å². The Balaban J connectivity index is 1.45. The van der Waals surface area contributed by atoms with Gasteiger partial charge in [0.15, 0.2) is 17.2 Å². The van der Waals surface area contributed by atoms with Gasteiger partial charge in [0.1, 0.15) is 5.60 Å². The summed E-state index contributed by atoms with van der Waals surface area (Å²) in [5, 5.41) is 9.40. The van der Waals surface area contributed by atoms with Gasteiger partial charge in [-0.15, -0.1) is 0 Å². The SMILES string of the molecule is CC1(C)O[C@@H]2CC3C4CCC5=CC(=O)C=CC5(C)[C@@]45O[C@H]5CC3(C)[C@]2(C(=O)SCO)O1. The van der Waals surface area contributed by atoms with Crippen LogP contribution in [0.25, 0.3) is 0 Å². The maximum atomic E-state index is 13.5. The van der Waals surface area contributed by atoms with Crippen molar-refractivity contribution in [2.75, 3.05) is 5.94 Å². The van der Waals surface area contributed by atoms with Crippen molar-refractivity contribution in [3.8, 4) is 0 Å². The molecule has 168 valence electrons. The molecule has 2 heterocycles. The van der Waals surface area contributed by atoms with E-state index in [0.29, 0.717) is 6.42 Å². The Morgan fingerprint density at radius 3 is 2.71 bits per heavy atom. The van der Waals surface area contributed by atoms with Crippen LogP contribution in [0.3, 0.4) is 0 Å². The van der Waals surface area contributed by atoms with Crippen LogP contribution in [0.2, 0.25) is 0 Å². The number of fused-ring (bicyclic) bond motifs is 5. The van der Waals surface area contributed by atoms with Crippen molar-refractivity contribution < 1.29 is 28.9 Å². The number of ketones is 1. The van der Waals surface area contributed by atoms with Crippen LogP contribution in [0.15, 0.2) is 23.8 Å². The fraction of sp³-hybridized carbons (Fsp3) is 0.750. The number of allylic oxidation sites excluding steroid dienone is 2. The Kier molecular flexibility index (Phi) is 3.93. The van der Waals surface area contributed by atoms with Crippen LogP contribution in [0.1, 0.15) is 53.4 Å². The predicted octanol–water partition coefficient (Wildman–Crippen LogP) is 3.14. The van der Waals surface area contributed by atoms with E-state index in [2.05, 4.69) is 19.9 Å². The summed E-state index contributed by atoms with van der Waals surface area (Å²) in [6.07, 6.45) is 8.51. The highest BCUT2D eigenvalue weighted by Crippen LogP contribution is 2.77. The summed E-state index contributed by atoms with van der Waals surface area (Å²) in [5.41, 5.74) is -0.948. The lowest BCUT2D eigenvalue weighted by molar-refractivity contribution is -0.206. The Morgan fingerprint density at radius 2 is 1.97 bits per heavy atom. The number of carbonyl (C=O) groups is 2. The van der Waals surface area contributed by atoms with Crippen LogP contribution >= 0.6 is 11.8 Å². The maximum absolute atomic E-state index is 13.5. The number of epoxide rings is 1. The molecule has 0 radical (unpaired) electrons. The van der Waals surface area contributed by atoms with Gasteiger partial charge in [-0.2, -0.15) is 0 Å². The number of carbonyl (C=O) groups excluding carboxylic acids is 2. The standard InChI is InChI=1S/C24H30O6S/c1-20(2)28-17-10-16-15-6-5-13-9-14(26)7-8-21(13,3)23(15)18(29-23)11-22(16,4)24(17,30-20)19(27)31-12-25/h7-9,15-18,25H,5-6,10-12H2,1-4H3/t15?,16?,17-,18+,21?,22?,23-,24+/m1/s1. The summed E-state index contributed by atoms with van der Waals surface area (Å²) >= 11 is 0.924. The third-order valence-corrected chi connectivity index (χ3v) is 10.1. The van der Waals surface area contributed by atoms with E-state index in [4.69, 9.17) is 14.2 Å².